The van der Waals surface area contributed by atoms with Crippen molar-refractivity contribution in [1.82, 2.24) is 10.2 Å². The lowest BCUT2D eigenvalue weighted by molar-refractivity contribution is -0.158. The molecule has 15 heavy (non-hydrogen) atoms. The van der Waals surface area contributed by atoms with Gasteiger partial charge in [0.2, 0.25) is 5.91 Å². The molecule has 1 amide bonds. The van der Waals surface area contributed by atoms with Gasteiger partial charge in [-0.1, -0.05) is 13.8 Å². The van der Waals surface area contributed by atoms with Crippen LogP contribution in [0, 0.1) is 5.92 Å². The molecule has 2 fully saturated rings. The summed E-state index contributed by atoms with van der Waals surface area (Å²) >= 11 is 0. The maximum absolute atomic E-state index is 12.0. The van der Waals surface area contributed by atoms with Crippen LogP contribution in [0.1, 0.15) is 26.7 Å². The number of hydrogen-bond acceptors (Lipinski definition) is 3. The molecule has 2 saturated heterocycles. The Hall–Kier alpha value is -0.610. The number of carbonyl (C=O) groups excluding carboxylic acids is 1. The first kappa shape index (κ1) is 10.9. The molecule has 4 heteroatoms. The molecule has 2 aliphatic rings. The normalized spacial score (nSPS) is 33.9. The van der Waals surface area contributed by atoms with Crippen LogP contribution in [0.2, 0.25) is 0 Å². The quantitative estimate of drug-likeness (QED) is 0.676. The van der Waals surface area contributed by atoms with Crippen molar-refractivity contribution in [1.29, 1.82) is 0 Å². The summed E-state index contributed by atoms with van der Waals surface area (Å²) in [5, 5.41) is 13.1. The van der Waals surface area contributed by atoms with Crippen LogP contribution in [-0.4, -0.2) is 47.2 Å². The van der Waals surface area contributed by atoms with E-state index in [1.165, 1.54) is 0 Å². The van der Waals surface area contributed by atoms with E-state index < -0.39 is 5.60 Å². The number of likely N-dealkylation sites (tertiary alicyclic amines) is 1. The maximum Gasteiger partial charge on any atom is 0.240 e. The van der Waals surface area contributed by atoms with Crippen LogP contribution in [-0.2, 0) is 4.79 Å². The minimum atomic E-state index is -0.614. The maximum atomic E-state index is 12.0. The molecule has 0 saturated carbocycles. The van der Waals surface area contributed by atoms with Crippen LogP contribution >= 0.6 is 0 Å². The summed E-state index contributed by atoms with van der Waals surface area (Å²) in [5.41, 5.74) is -0.614. The molecular formula is C11H20N2O2. The topological polar surface area (TPSA) is 52.6 Å². The van der Waals surface area contributed by atoms with E-state index in [1.807, 2.05) is 6.92 Å². The van der Waals surface area contributed by atoms with Gasteiger partial charge >= 0.3 is 0 Å². The van der Waals surface area contributed by atoms with Gasteiger partial charge in [-0.2, -0.15) is 0 Å². The third-order valence-electron chi connectivity index (χ3n) is 3.74. The van der Waals surface area contributed by atoms with Gasteiger partial charge in [0.05, 0.1) is 24.7 Å². The Bertz CT molecular complexity index is 261. The van der Waals surface area contributed by atoms with Gasteiger partial charge in [-0.25, -0.2) is 0 Å². The van der Waals surface area contributed by atoms with Gasteiger partial charge in [-0.3, -0.25) is 4.79 Å². The molecule has 4 nitrogen and oxygen atoms in total. The van der Waals surface area contributed by atoms with Gasteiger partial charge in [0.1, 0.15) is 0 Å². The van der Waals surface area contributed by atoms with Crippen molar-refractivity contribution in [3.05, 3.63) is 0 Å². The van der Waals surface area contributed by atoms with Gasteiger partial charge in [-0.05, 0) is 25.3 Å². The first-order chi connectivity index (χ1) is 7.06. The molecule has 0 aromatic carbocycles. The van der Waals surface area contributed by atoms with E-state index in [0.717, 1.165) is 19.4 Å². The molecule has 2 N–H and O–H groups in total. The molecule has 86 valence electrons. The highest BCUT2D eigenvalue weighted by molar-refractivity contribution is 5.83. The lowest BCUT2D eigenvalue weighted by atomic mass is 9.89. The summed E-state index contributed by atoms with van der Waals surface area (Å²) in [5.74, 6) is 0.589. The number of nitrogens with one attached hydrogen (secondary N) is 1. The number of aliphatic hydroxyl groups is 1. The Morgan fingerprint density at radius 3 is 2.73 bits per heavy atom. The number of carbonyl (C=O) groups is 1. The van der Waals surface area contributed by atoms with E-state index in [-0.39, 0.29) is 11.9 Å². The van der Waals surface area contributed by atoms with Crippen molar-refractivity contribution >= 4 is 5.91 Å². The molecule has 0 spiro atoms. The highest BCUT2D eigenvalue weighted by atomic mass is 16.3. The predicted molar refractivity (Wildman–Crippen MR) is 57.4 cm³/mol. The van der Waals surface area contributed by atoms with E-state index in [9.17, 15) is 9.90 Å². The fraction of sp³-hybridized carbons (Fsp3) is 0.909. The van der Waals surface area contributed by atoms with Gasteiger partial charge < -0.3 is 15.3 Å². The number of nitrogens with zero attached hydrogens (tertiary/aromatic N) is 1. The lowest BCUT2D eigenvalue weighted by Crippen LogP contribution is -2.65. The van der Waals surface area contributed by atoms with Crippen molar-refractivity contribution < 1.29 is 9.90 Å². The van der Waals surface area contributed by atoms with Crippen molar-refractivity contribution in [2.75, 3.05) is 19.6 Å². The third-order valence-corrected chi connectivity index (χ3v) is 3.74. The number of amides is 1. The molecule has 2 atom stereocenters. The van der Waals surface area contributed by atoms with E-state index >= 15 is 0 Å². The summed E-state index contributed by atoms with van der Waals surface area (Å²) in [7, 11) is 0. The van der Waals surface area contributed by atoms with E-state index in [0.29, 0.717) is 19.0 Å². The monoisotopic (exact) mass is 212 g/mol. The molecule has 0 aliphatic carbocycles. The van der Waals surface area contributed by atoms with Crippen LogP contribution in [0.25, 0.3) is 0 Å². The van der Waals surface area contributed by atoms with Crippen LogP contribution in [0.3, 0.4) is 0 Å². The van der Waals surface area contributed by atoms with Crippen molar-refractivity contribution in [2.45, 2.75) is 38.3 Å². The average molecular weight is 212 g/mol. The van der Waals surface area contributed by atoms with Crippen LogP contribution in [0.15, 0.2) is 0 Å². The average Bonchev–Trinajstić information content (AvgIpc) is 2.58. The Kier molecular flexibility index (Phi) is 2.73. The van der Waals surface area contributed by atoms with E-state index in [4.69, 9.17) is 0 Å². The Balaban J connectivity index is 1.89. The largest absolute Gasteiger partial charge is 0.386 e. The van der Waals surface area contributed by atoms with Crippen LogP contribution in [0.4, 0.5) is 0 Å². The smallest absolute Gasteiger partial charge is 0.240 e. The third kappa shape index (κ3) is 1.88. The predicted octanol–water partition coefficient (Wildman–Crippen LogP) is -0.0323. The summed E-state index contributed by atoms with van der Waals surface area (Å²) < 4.78 is 0. The second kappa shape index (κ2) is 3.76. The van der Waals surface area contributed by atoms with Crippen LogP contribution in [0.5, 0.6) is 0 Å². The Labute approximate surface area is 90.6 Å². The number of β-amino-alcohol motifs (C(OH)–C–C–N with tert-alkyl or cyclic N) is 1. The van der Waals surface area contributed by atoms with Crippen molar-refractivity contribution in [3.8, 4) is 0 Å². The lowest BCUT2D eigenvalue weighted by Gasteiger charge is -2.47. The summed E-state index contributed by atoms with van der Waals surface area (Å²) in [6.45, 7) is 6.01. The molecule has 2 aliphatic heterocycles. The summed E-state index contributed by atoms with van der Waals surface area (Å²) in [4.78, 5) is 13.8. The molecule has 2 rings (SSSR count). The van der Waals surface area contributed by atoms with Crippen molar-refractivity contribution in [2.24, 2.45) is 5.92 Å². The van der Waals surface area contributed by atoms with Gasteiger partial charge in [-0.15, -0.1) is 0 Å². The minimum Gasteiger partial charge on any atom is -0.386 e. The van der Waals surface area contributed by atoms with Gasteiger partial charge in [0.15, 0.2) is 0 Å². The molecule has 2 heterocycles. The fourth-order valence-electron chi connectivity index (χ4n) is 2.41. The molecule has 0 aromatic rings. The first-order valence-electron chi connectivity index (χ1n) is 5.80. The molecule has 2 unspecified atom stereocenters. The SMILES string of the molecule is CCC1(O)CN(C(=O)C2NCCC2C)C1. The molecule has 0 radical (unpaired) electrons. The van der Waals surface area contributed by atoms with Gasteiger partial charge in [0, 0.05) is 0 Å². The standard InChI is InChI=1S/C11H20N2O2/c1-3-11(15)6-13(7-11)10(14)9-8(2)4-5-12-9/h8-9,12,15H,3-7H2,1-2H3. The highest BCUT2D eigenvalue weighted by Gasteiger charge is 2.45. The Morgan fingerprint density at radius 1 is 1.60 bits per heavy atom. The molecular weight excluding hydrogens is 192 g/mol. The summed E-state index contributed by atoms with van der Waals surface area (Å²) in [6.07, 6.45) is 1.80. The molecule has 0 bridgehead atoms. The Morgan fingerprint density at radius 2 is 2.27 bits per heavy atom. The highest BCUT2D eigenvalue weighted by Crippen LogP contribution is 2.27. The van der Waals surface area contributed by atoms with Gasteiger partial charge in [0.25, 0.3) is 0 Å². The van der Waals surface area contributed by atoms with Crippen molar-refractivity contribution in [3.63, 3.8) is 0 Å². The zero-order chi connectivity index (χ0) is 11.1. The van der Waals surface area contributed by atoms with Crippen LogP contribution < -0.4 is 5.32 Å². The minimum absolute atomic E-state index is 0.0218. The van der Waals surface area contributed by atoms with E-state index in [1.54, 1.807) is 4.90 Å². The number of rotatable bonds is 2. The second-order valence-electron chi connectivity index (χ2n) is 4.97. The fourth-order valence-corrected chi connectivity index (χ4v) is 2.41. The zero-order valence-corrected chi connectivity index (χ0v) is 9.49. The number of hydrogen-bond donors (Lipinski definition) is 2. The summed E-state index contributed by atoms with van der Waals surface area (Å²) in [6, 6.07) is -0.0218. The molecule has 0 aromatic heterocycles. The second-order valence-corrected chi connectivity index (χ2v) is 4.97. The first-order valence-corrected chi connectivity index (χ1v) is 5.80. The zero-order valence-electron chi connectivity index (χ0n) is 9.49. The van der Waals surface area contributed by atoms with E-state index in [2.05, 4.69) is 12.2 Å².